The van der Waals surface area contributed by atoms with E-state index in [-0.39, 0.29) is 18.3 Å². The lowest BCUT2D eigenvalue weighted by molar-refractivity contribution is -0.0897. The predicted octanol–water partition coefficient (Wildman–Crippen LogP) is 6.23. The monoisotopic (exact) mass is 492 g/mol. The summed E-state index contributed by atoms with van der Waals surface area (Å²) in [4.78, 5) is 0. The Kier molecular flexibility index (Phi) is 11.9. The third kappa shape index (κ3) is 10.4. The Balaban J connectivity index is 0.000000117. The number of hydrogen-bond acceptors (Lipinski definition) is 5. The highest BCUT2D eigenvalue weighted by Crippen LogP contribution is 2.36. The molecule has 35 heavy (non-hydrogen) atoms. The average Bonchev–Trinajstić information content (AvgIpc) is 3.82. The molecule has 2 saturated heterocycles. The van der Waals surface area contributed by atoms with Gasteiger partial charge in [0.15, 0.2) is 12.2 Å². The van der Waals surface area contributed by atoms with Crippen LogP contribution in [-0.4, -0.2) is 59.0 Å². The van der Waals surface area contributed by atoms with Crippen LogP contribution in [0, 0.1) is 12.8 Å². The van der Waals surface area contributed by atoms with Gasteiger partial charge in [0.25, 0.3) is 0 Å². The first-order valence-electron chi connectivity index (χ1n) is 15.2. The van der Waals surface area contributed by atoms with Crippen LogP contribution in [0.15, 0.2) is 0 Å². The van der Waals surface area contributed by atoms with Crippen LogP contribution in [-0.2, 0) is 14.2 Å². The van der Waals surface area contributed by atoms with Gasteiger partial charge < -0.3 is 24.4 Å². The molecular formula is C30H52O5+2. The molecule has 5 nitrogen and oxygen atoms in total. The van der Waals surface area contributed by atoms with E-state index in [1.165, 1.54) is 89.9 Å². The van der Waals surface area contributed by atoms with E-state index in [0.29, 0.717) is 30.5 Å². The van der Waals surface area contributed by atoms with Crippen molar-refractivity contribution in [1.29, 1.82) is 0 Å². The SMILES string of the molecule is C1CCC2OC2C1.C1CCC2OC2C1.OC1CCCCC1OC1[CH+]CCCC1.OC1[CH+]CCCC1. The number of aliphatic hydroxyl groups excluding tert-OH is 2. The first kappa shape index (κ1) is 27.6. The molecule has 200 valence electrons. The zero-order chi connectivity index (χ0) is 24.3. The lowest BCUT2D eigenvalue weighted by Crippen LogP contribution is -2.36. The molecular weight excluding hydrogens is 440 g/mol. The largest absolute Gasteiger partial charge is 0.390 e. The lowest BCUT2D eigenvalue weighted by Gasteiger charge is -2.29. The van der Waals surface area contributed by atoms with Crippen LogP contribution < -0.4 is 0 Å². The van der Waals surface area contributed by atoms with Gasteiger partial charge in [-0.3, -0.25) is 0 Å². The third-order valence-electron chi connectivity index (χ3n) is 8.61. The Hall–Kier alpha value is -0.460. The highest BCUT2D eigenvalue weighted by Gasteiger charge is 2.40. The van der Waals surface area contributed by atoms with Gasteiger partial charge in [0, 0.05) is 12.8 Å². The molecule has 2 N–H and O–H groups in total. The van der Waals surface area contributed by atoms with Crippen molar-refractivity contribution in [2.45, 2.75) is 177 Å². The molecule has 0 aromatic heterocycles. The molecule has 5 aliphatic carbocycles. The van der Waals surface area contributed by atoms with Crippen molar-refractivity contribution < 1.29 is 24.4 Å². The van der Waals surface area contributed by atoms with Gasteiger partial charge in [0.1, 0.15) is 12.8 Å². The maximum Gasteiger partial charge on any atom is 0.197 e. The van der Waals surface area contributed by atoms with E-state index in [1.807, 2.05) is 6.42 Å². The summed E-state index contributed by atoms with van der Waals surface area (Å²) in [5.74, 6) is 0. The fourth-order valence-electron chi connectivity index (χ4n) is 6.18. The van der Waals surface area contributed by atoms with Crippen LogP contribution in [0.1, 0.15) is 128 Å². The van der Waals surface area contributed by atoms with Crippen molar-refractivity contribution in [3.8, 4) is 0 Å². The van der Waals surface area contributed by atoms with Crippen molar-refractivity contribution in [1.82, 2.24) is 0 Å². The molecule has 5 saturated carbocycles. The second-order valence-corrected chi connectivity index (χ2v) is 11.7. The van der Waals surface area contributed by atoms with Crippen LogP contribution in [0.25, 0.3) is 0 Å². The number of ether oxygens (including phenoxy) is 3. The van der Waals surface area contributed by atoms with Crippen molar-refractivity contribution in [2.75, 3.05) is 0 Å². The van der Waals surface area contributed by atoms with Crippen molar-refractivity contribution in [3.05, 3.63) is 12.8 Å². The van der Waals surface area contributed by atoms with Gasteiger partial charge in [-0.1, -0.05) is 38.5 Å². The molecule has 0 spiro atoms. The summed E-state index contributed by atoms with van der Waals surface area (Å²) in [7, 11) is 0. The minimum atomic E-state index is -0.209. The topological polar surface area (TPSA) is 74.8 Å². The van der Waals surface area contributed by atoms with Crippen LogP contribution in [0.2, 0.25) is 0 Å². The second kappa shape index (κ2) is 15.1. The number of fused-ring (bicyclic) bond motifs is 2. The maximum absolute atomic E-state index is 9.76. The van der Waals surface area contributed by atoms with Crippen molar-refractivity contribution >= 4 is 0 Å². The van der Waals surface area contributed by atoms with E-state index in [1.54, 1.807) is 0 Å². The molecule has 0 aromatic rings. The minimum absolute atomic E-state index is 0.0891. The van der Waals surface area contributed by atoms with Gasteiger partial charge in [0.05, 0.1) is 49.5 Å². The van der Waals surface area contributed by atoms with E-state index in [9.17, 15) is 5.11 Å². The first-order valence-corrected chi connectivity index (χ1v) is 15.2. The van der Waals surface area contributed by atoms with Gasteiger partial charge in [-0.05, 0) is 64.2 Å². The number of rotatable bonds is 2. The smallest absolute Gasteiger partial charge is 0.197 e. The highest BCUT2D eigenvalue weighted by atomic mass is 16.6. The molecule has 8 atom stereocenters. The third-order valence-corrected chi connectivity index (χ3v) is 8.61. The van der Waals surface area contributed by atoms with E-state index in [4.69, 9.17) is 19.3 Å². The van der Waals surface area contributed by atoms with Gasteiger partial charge in [0.2, 0.25) is 0 Å². The molecule has 2 aliphatic heterocycles. The molecule has 5 heteroatoms. The van der Waals surface area contributed by atoms with Crippen molar-refractivity contribution in [2.24, 2.45) is 0 Å². The summed E-state index contributed by atoms with van der Waals surface area (Å²) in [6.45, 7) is 0. The predicted molar refractivity (Wildman–Crippen MR) is 139 cm³/mol. The minimum Gasteiger partial charge on any atom is -0.390 e. The average molecular weight is 493 g/mol. The van der Waals surface area contributed by atoms with E-state index in [0.717, 1.165) is 38.5 Å². The first-order chi connectivity index (χ1) is 17.2. The summed E-state index contributed by atoms with van der Waals surface area (Å²) in [6.07, 6.45) is 32.1. The Bertz CT molecular complexity index is 511. The zero-order valence-corrected chi connectivity index (χ0v) is 22.0. The quantitative estimate of drug-likeness (QED) is 0.353. The van der Waals surface area contributed by atoms with E-state index < -0.39 is 0 Å². The van der Waals surface area contributed by atoms with Crippen LogP contribution in [0.4, 0.5) is 0 Å². The van der Waals surface area contributed by atoms with Gasteiger partial charge >= 0.3 is 0 Å². The molecule has 0 bridgehead atoms. The van der Waals surface area contributed by atoms with Crippen LogP contribution in [0.5, 0.6) is 0 Å². The molecule has 7 rings (SSSR count). The lowest BCUT2D eigenvalue weighted by atomic mass is 9.93. The van der Waals surface area contributed by atoms with E-state index in [2.05, 4.69) is 6.42 Å². The standard InChI is InChI=1S/C12H21O2.2C6H10O.C6H11O/c13-11-8-4-5-9-12(11)14-10-6-2-1-3-7-10;2*1-2-4-6-5(3-1)7-6;7-6-4-2-1-3-5-6/h6,10-13H,1-5,7-9H2;2*5-6H,1-4H2;4,6-7H,1-3,5H2/q+1;;;+1. The Morgan fingerprint density at radius 2 is 1.00 bits per heavy atom. The van der Waals surface area contributed by atoms with E-state index >= 15 is 0 Å². The second-order valence-electron chi connectivity index (χ2n) is 11.7. The summed E-state index contributed by atoms with van der Waals surface area (Å²) >= 11 is 0. The molecule has 8 unspecified atom stereocenters. The summed E-state index contributed by atoms with van der Waals surface area (Å²) < 4.78 is 16.5. The van der Waals surface area contributed by atoms with Gasteiger partial charge in [-0.2, -0.15) is 0 Å². The highest BCUT2D eigenvalue weighted by molar-refractivity contribution is 4.89. The Morgan fingerprint density at radius 1 is 0.514 bits per heavy atom. The molecule has 0 aromatic carbocycles. The molecule has 0 radical (unpaired) electrons. The normalized spacial score (nSPS) is 41.2. The molecule has 2 heterocycles. The fourth-order valence-corrected chi connectivity index (χ4v) is 6.18. The zero-order valence-electron chi connectivity index (χ0n) is 22.0. The maximum atomic E-state index is 9.76. The Morgan fingerprint density at radius 3 is 1.40 bits per heavy atom. The number of hydrogen-bond donors (Lipinski definition) is 2. The number of aliphatic hydroxyl groups is 2. The molecule has 0 amide bonds. The van der Waals surface area contributed by atoms with Crippen LogP contribution >= 0.6 is 0 Å². The fraction of sp³-hybridized carbons (Fsp3) is 0.933. The summed E-state index contributed by atoms with van der Waals surface area (Å²) in [6, 6.07) is 0. The van der Waals surface area contributed by atoms with Crippen molar-refractivity contribution in [3.63, 3.8) is 0 Å². The summed E-state index contributed by atoms with van der Waals surface area (Å²) in [5, 5.41) is 18.6. The molecule has 7 aliphatic rings. The van der Waals surface area contributed by atoms with Gasteiger partial charge in [-0.15, -0.1) is 0 Å². The molecule has 7 fully saturated rings. The van der Waals surface area contributed by atoms with Crippen LogP contribution in [0.3, 0.4) is 0 Å². The van der Waals surface area contributed by atoms with Gasteiger partial charge in [-0.25, -0.2) is 0 Å². The summed E-state index contributed by atoms with van der Waals surface area (Å²) in [5.41, 5.74) is 0. The Labute approximate surface area is 214 Å². The number of epoxide rings is 2.